The zero-order valence-corrected chi connectivity index (χ0v) is 21.9. The van der Waals surface area contributed by atoms with Crippen molar-refractivity contribution in [2.24, 2.45) is 0 Å². The van der Waals surface area contributed by atoms with Gasteiger partial charge in [0.1, 0.15) is 17.2 Å². The van der Waals surface area contributed by atoms with Crippen LogP contribution in [0.1, 0.15) is 41.4 Å². The number of nitrogens with zero attached hydrogens (tertiary/aromatic N) is 6. The van der Waals surface area contributed by atoms with E-state index in [1.165, 1.54) is 29.1 Å². The first-order valence-corrected chi connectivity index (χ1v) is 13.4. The molecule has 1 aromatic carbocycles. The maximum absolute atomic E-state index is 5.39. The number of pyridine rings is 2. The van der Waals surface area contributed by atoms with Crippen LogP contribution in [0, 0.1) is 0 Å². The molecule has 0 spiro atoms. The van der Waals surface area contributed by atoms with Gasteiger partial charge in [0.2, 0.25) is 0 Å². The first-order chi connectivity index (χ1) is 18.2. The van der Waals surface area contributed by atoms with E-state index >= 15 is 0 Å². The highest BCUT2D eigenvalue weighted by atomic mass is 16.5. The molecule has 192 valence electrons. The average molecular weight is 497 g/mol. The summed E-state index contributed by atoms with van der Waals surface area (Å²) < 4.78 is 7.67. The summed E-state index contributed by atoms with van der Waals surface area (Å²) in [5, 5.41) is 0. The minimum atomic E-state index is 0.272. The number of aromatic nitrogens is 3. The lowest BCUT2D eigenvalue weighted by Gasteiger charge is -2.35. The second-order valence-electron chi connectivity index (χ2n) is 10.3. The third-order valence-corrected chi connectivity index (χ3v) is 7.86. The largest absolute Gasteiger partial charge is 0.497 e. The molecular formula is C30H36N6O. The van der Waals surface area contributed by atoms with Crippen LogP contribution in [-0.4, -0.2) is 64.5 Å². The Morgan fingerprint density at radius 1 is 0.973 bits per heavy atom. The summed E-state index contributed by atoms with van der Waals surface area (Å²) in [6.07, 6.45) is 7.59. The smallest absolute Gasteiger partial charge is 0.138 e. The lowest BCUT2D eigenvalue weighted by molar-refractivity contribution is 0.155. The van der Waals surface area contributed by atoms with Crippen LogP contribution in [0.4, 0.5) is 5.82 Å². The molecule has 0 N–H and O–H groups in total. The maximum atomic E-state index is 5.39. The van der Waals surface area contributed by atoms with E-state index in [1.807, 2.05) is 18.3 Å². The highest BCUT2D eigenvalue weighted by molar-refractivity contribution is 5.53. The first kappa shape index (κ1) is 23.9. The number of rotatable bonds is 7. The second kappa shape index (κ2) is 10.5. The van der Waals surface area contributed by atoms with Crippen LogP contribution < -0.4 is 9.64 Å². The van der Waals surface area contributed by atoms with Crippen LogP contribution in [-0.2, 0) is 19.5 Å². The predicted octanol–water partition coefficient (Wildman–Crippen LogP) is 4.57. The third-order valence-electron chi connectivity index (χ3n) is 7.86. The predicted molar refractivity (Wildman–Crippen MR) is 147 cm³/mol. The van der Waals surface area contributed by atoms with Gasteiger partial charge >= 0.3 is 0 Å². The van der Waals surface area contributed by atoms with Crippen molar-refractivity contribution in [2.45, 2.75) is 38.4 Å². The summed E-state index contributed by atoms with van der Waals surface area (Å²) in [7, 11) is 3.91. The van der Waals surface area contributed by atoms with Gasteiger partial charge in [-0.25, -0.2) is 4.98 Å². The van der Waals surface area contributed by atoms with Gasteiger partial charge in [-0.1, -0.05) is 24.3 Å². The number of aryl methyl sites for hydroxylation is 1. The number of likely N-dealkylation sites (N-methyl/N-ethyl adjacent to an activating group) is 1. The minimum Gasteiger partial charge on any atom is -0.497 e. The van der Waals surface area contributed by atoms with Crippen LogP contribution in [0.2, 0.25) is 0 Å². The zero-order valence-electron chi connectivity index (χ0n) is 21.9. The van der Waals surface area contributed by atoms with Crippen LogP contribution >= 0.6 is 0 Å². The number of hydrogen-bond acceptors (Lipinski definition) is 6. The molecule has 1 aliphatic carbocycles. The Hall–Kier alpha value is -3.42. The van der Waals surface area contributed by atoms with Gasteiger partial charge in [0.05, 0.1) is 24.5 Å². The molecule has 37 heavy (non-hydrogen) atoms. The van der Waals surface area contributed by atoms with Crippen molar-refractivity contribution in [3.63, 3.8) is 0 Å². The van der Waals surface area contributed by atoms with Crippen molar-refractivity contribution < 1.29 is 4.74 Å². The fourth-order valence-corrected chi connectivity index (χ4v) is 5.81. The minimum absolute atomic E-state index is 0.272. The molecule has 0 bridgehead atoms. The second-order valence-corrected chi connectivity index (χ2v) is 10.3. The molecule has 0 radical (unpaired) electrons. The Morgan fingerprint density at radius 2 is 1.81 bits per heavy atom. The molecule has 6 rings (SSSR count). The quantitative estimate of drug-likeness (QED) is 0.374. The van der Waals surface area contributed by atoms with E-state index in [4.69, 9.17) is 14.7 Å². The van der Waals surface area contributed by atoms with Crippen molar-refractivity contribution in [3.05, 3.63) is 89.5 Å². The summed E-state index contributed by atoms with van der Waals surface area (Å²) in [5.74, 6) is 2.12. The molecule has 0 saturated carbocycles. The highest BCUT2D eigenvalue weighted by Crippen LogP contribution is 2.35. The fourth-order valence-electron chi connectivity index (χ4n) is 5.81. The van der Waals surface area contributed by atoms with Gasteiger partial charge in [-0.3, -0.25) is 14.3 Å². The Balaban J connectivity index is 1.32. The number of fused-ring (bicyclic) bond motifs is 2. The normalized spacial score (nSPS) is 18.4. The standard InChI is InChI=1S/C30H36N6O/c1-33-16-18-34(19-17-33)29-10-4-9-28-32-25(22-36(28)29)21-35(20-23-11-13-26(37-2)14-12-23)27-8-3-6-24-7-5-15-31-30(24)27/h4-5,7,9-15,22,27H,3,6,8,16-21H2,1-2H3/t27-/m0/s1. The Kier molecular flexibility index (Phi) is 6.81. The van der Waals surface area contributed by atoms with Crippen LogP contribution in [0.5, 0.6) is 5.75 Å². The lowest BCUT2D eigenvalue weighted by atomic mass is 9.90. The van der Waals surface area contributed by atoms with Crippen molar-refractivity contribution in [1.82, 2.24) is 24.2 Å². The summed E-state index contributed by atoms with van der Waals surface area (Å²) in [5.41, 5.74) is 5.98. The summed E-state index contributed by atoms with van der Waals surface area (Å²) in [6.45, 7) is 5.86. The summed E-state index contributed by atoms with van der Waals surface area (Å²) >= 11 is 0. The lowest BCUT2D eigenvalue weighted by Crippen LogP contribution is -2.45. The molecule has 1 fully saturated rings. The van der Waals surface area contributed by atoms with Crippen LogP contribution in [0.25, 0.3) is 5.65 Å². The van der Waals surface area contributed by atoms with E-state index < -0.39 is 0 Å². The molecule has 1 saturated heterocycles. The molecular weight excluding hydrogens is 460 g/mol. The van der Waals surface area contributed by atoms with Gasteiger partial charge < -0.3 is 14.5 Å². The van der Waals surface area contributed by atoms with Crippen molar-refractivity contribution in [2.75, 3.05) is 45.2 Å². The maximum Gasteiger partial charge on any atom is 0.138 e. The van der Waals surface area contributed by atoms with Crippen molar-refractivity contribution in [3.8, 4) is 5.75 Å². The van der Waals surface area contributed by atoms with Gasteiger partial charge in [0.15, 0.2) is 0 Å². The molecule has 1 aliphatic heterocycles. The summed E-state index contributed by atoms with van der Waals surface area (Å²) in [4.78, 5) is 17.4. The van der Waals surface area contributed by atoms with Gasteiger partial charge in [-0.15, -0.1) is 0 Å². The SMILES string of the molecule is COc1ccc(CN(Cc2cn3c(N4CCN(C)CC4)cccc3n2)[C@H]2CCCc3cccnc32)cc1. The Bertz CT molecular complexity index is 1340. The van der Waals surface area contributed by atoms with E-state index in [-0.39, 0.29) is 6.04 Å². The molecule has 2 aliphatic rings. The highest BCUT2D eigenvalue weighted by Gasteiger charge is 2.28. The van der Waals surface area contributed by atoms with E-state index in [1.54, 1.807) is 7.11 Å². The fraction of sp³-hybridized carbons (Fsp3) is 0.400. The number of hydrogen-bond donors (Lipinski definition) is 0. The number of anilines is 1. The molecule has 7 nitrogen and oxygen atoms in total. The molecule has 0 amide bonds. The Labute approximate surface area is 219 Å². The van der Waals surface area contributed by atoms with E-state index in [0.717, 1.165) is 69.2 Å². The van der Waals surface area contributed by atoms with E-state index in [0.29, 0.717) is 0 Å². The monoisotopic (exact) mass is 496 g/mol. The summed E-state index contributed by atoms with van der Waals surface area (Å²) in [6, 6.07) is 19.5. The van der Waals surface area contributed by atoms with E-state index in [9.17, 15) is 0 Å². The zero-order chi connectivity index (χ0) is 25.2. The average Bonchev–Trinajstić information content (AvgIpc) is 3.36. The van der Waals surface area contributed by atoms with Crippen molar-refractivity contribution >= 4 is 11.5 Å². The number of piperazine rings is 1. The number of imidazole rings is 1. The molecule has 4 aromatic rings. The Morgan fingerprint density at radius 3 is 2.62 bits per heavy atom. The third kappa shape index (κ3) is 5.06. The van der Waals surface area contributed by atoms with Crippen LogP contribution in [0.15, 0.2) is 67.0 Å². The van der Waals surface area contributed by atoms with Crippen molar-refractivity contribution in [1.29, 1.82) is 0 Å². The number of ether oxygens (including phenoxy) is 1. The van der Waals surface area contributed by atoms with E-state index in [2.05, 4.69) is 74.8 Å². The van der Waals surface area contributed by atoms with Gasteiger partial charge in [-0.2, -0.15) is 0 Å². The molecule has 7 heteroatoms. The molecule has 4 heterocycles. The van der Waals surface area contributed by atoms with Gasteiger partial charge in [0, 0.05) is 51.7 Å². The first-order valence-electron chi connectivity index (χ1n) is 13.4. The number of methoxy groups -OCH3 is 1. The molecule has 0 unspecified atom stereocenters. The topological polar surface area (TPSA) is 49.1 Å². The van der Waals surface area contributed by atoms with Gasteiger partial charge in [-0.05, 0) is 67.8 Å². The number of benzene rings is 1. The molecule has 1 atom stereocenters. The van der Waals surface area contributed by atoms with Gasteiger partial charge in [0.25, 0.3) is 0 Å². The molecule has 3 aromatic heterocycles. The van der Waals surface area contributed by atoms with Crippen LogP contribution in [0.3, 0.4) is 0 Å².